The normalized spacial score (nSPS) is 17.5. The lowest BCUT2D eigenvalue weighted by molar-refractivity contribution is 0.0741. The Kier molecular flexibility index (Phi) is 5.65. The molecule has 3 heterocycles. The van der Waals surface area contributed by atoms with E-state index in [-0.39, 0.29) is 5.91 Å². The smallest absolute Gasteiger partial charge is 0.272 e. The highest BCUT2D eigenvalue weighted by Crippen LogP contribution is 2.28. The van der Waals surface area contributed by atoms with Gasteiger partial charge < -0.3 is 19.4 Å². The monoisotopic (exact) mass is 380 g/mol. The van der Waals surface area contributed by atoms with Gasteiger partial charge in [-0.1, -0.05) is 12.1 Å². The van der Waals surface area contributed by atoms with Gasteiger partial charge in [-0.2, -0.15) is 0 Å². The molecule has 1 amide bonds. The van der Waals surface area contributed by atoms with Gasteiger partial charge in [0.25, 0.3) is 5.91 Å². The minimum Gasteiger partial charge on any atom is -0.495 e. The summed E-state index contributed by atoms with van der Waals surface area (Å²) in [5.74, 6) is 0.900. The zero-order chi connectivity index (χ0) is 19.3. The Balaban J connectivity index is 1.41. The molecule has 0 aliphatic carbocycles. The molecule has 2 fully saturated rings. The van der Waals surface area contributed by atoms with Crippen molar-refractivity contribution >= 4 is 17.3 Å². The quantitative estimate of drug-likeness (QED) is 0.816. The van der Waals surface area contributed by atoms with Crippen LogP contribution in [0.4, 0.5) is 11.4 Å². The number of hydrogen-bond acceptors (Lipinski definition) is 5. The van der Waals surface area contributed by atoms with Crippen LogP contribution in [0.3, 0.4) is 0 Å². The minimum absolute atomic E-state index is 0.0264. The zero-order valence-electron chi connectivity index (χ0n) is 16.5. The van der Waals surface area contributed by atoms with Crippen LogP contribution in [-0.2, 0) is 0 Å². The molecule has 6 nitrogen and oxygen atoms in total. The molecule has 2 aliphatic heterocycles. The fourth-order valence-electron chi connectivity index (χ4n) is 4.09. The minimum atomic E-state index is 0.0264. The Labute approximate surface area is 166 Å². The van der Waals surface area contributed by atoms with Gasteiger partial charge in [-0.25, -0.2) is 0 Å². The van der Waals surface area contributed by atoms with Gasteiger partial charge in [-0.05, 0) is 43.5 Å². The lowest BCUT2D eigenvalue weighted by Gasteiger charge is -2.36. The van der Waals surface area contributed by atoms with Crippen molar-refractivity contribution in [3.63, 3.8) is 0 Å². The molecule has 4 rings (SSSR count). The first-order valence-corrected chi connectivity index (χ1v) is 10.1. The summed E-state index contributed by atoms with van der Waals surface area (Å²) in [4.78, 5) is 23.9. The number of para-hydroxylation sites is 2. The second kappa shape index (κ2) is 8.50. The molecule has 1 aromatic heterocycles. The number of anilines is 2. The second-order valence-electron chi connectivity index (χ2n) is 7.40. The van der Waals surface area contributed by atoms with Crippen LogP contribution in [0, 0.1) is 0 Å². The van der Waals surface area contributed by atoms with Crippen molar-refractivity contribution in [1.29, 1.82) is 0 Å². The number of piperidine rings is 1. The van der Waals surface area contributed by atoms with Gasteiger partial charge in [-0.3, -0.25) is 9.78 Å². The summed E-state index contributed by atoms with van der Waals surface area (Å²) in [5.41, 5.74) is 2.75. The van der Waals surface area contributed by atoms with Crippen LogP contribution >= 0.6 is 0 Å². The summed E-state index contributed by atoms with van der Waals surface area (Å²) >= 11 is 0. The number of carbonyl (C=O) groups excluding carboxylic acids is 1. The van der Waals surface area contributed by atoms with E-state index in [0.29, 0.717) is 18.8 Å². The van der Waals surface area contributed by atoms with E-state index in [2.05, 4.69) is 20.9 Å². The van der Waals surface area contributed by atoms with Crippen molar-refractivity contribution in [3.05, 3.63) is 48.3 Å². The lowest BCUT2D eigenvalue weighted by atomic mass is 10.1. The SMILES string of the molecule is COc1ccccc1N1CCN(C(=O)c2cc(N3CCCCC3)ccn2)CC1. The summed E-state index contributed by atoms with van der Waals surface area (Å²) in [6.45, 7) is 5.08. The number of methoxy groups -OCH3 is 1. The number of rotatable bonds is 4. The summed E-state index contributed by atoms with van der Waals surface area (Å²) in [6.07, 6.45) is 5.50. The summed E-state index contributed by atoms with van der Waals surface area (Å²) < 4.78 is 5.48. The first kappa shape index (κ1) is 18.6. The highest BCUT2D eigenvalue weighted by Gasteiger charge is 2.25. The van der Waals surface area contributed by atoms with Crippen molar-refractivity contribution in [3.8, 4) is 5.75 Å². The van der Waals surface area contributed by atoms with Gasteiger partial charge in [0.1, 0.15) is 11.4 Å². The molecule has 0 spiro atoms. The van der Waals surface area contributed by atoms with E-state index < -0.39 is 0 Å². The Morgan fingerprint density at radius 1 is 0.929 bits per heavy atom. The van der Waals surface area contributed by atoms with E-state index in [9.17, 15) is 4.79 Å². The predicted molar refractivity (Wildman–Crippen MR) is 111 cm³/mol. The lowest BCUT2D eigenvalue weighted by Crippen LogP contribution is -2.49. The number of benzene rings is 1. The number of ether oxygens (including phenoxy) is 1. The molecular weight excluding hydrogens is 352 g/mol. The third-order valence-corrected chi connectivity index (χ3v) is 5.68. The predicted octanol–water partition coefficient (Wildman–Crippen LogP) is 3.04. The maximum absolute atomic E-state index is 13.0. The van der Waals surface area contributed by atoms with Crippen molar-refractivity contribution < 1.29 is 9.53 Å². The molecule has 2 saturated heterocycles. The second-order valence-corrected chi connectivity index (χ2v) is 7.40. The Hall–Kier alpha value is -2.76. The maximum atomic E-state index is 13.0. The fourth-order valence-corrected chi connectivity index (χ4v) is 4.09. The molecule has 2 aromatic rings. The Morgan fingerprint density at radius 3 is 2.43 bits per heavy atom. The number of amides is 1. The van der Waals surface area contributed by atoms with Gasteiger partial charge in [0.2, 0.25) is 0 Å². The Bertz CT molecular complexity index is 812. The van der Waals surface area contributed by atoms with E-state index in [1.807, 2.05) is 35.2 Å². The molecule has 2 aliphatic rings. The highest BCUT2D eigenvalue weighted by molar-refractivity contribution is 5.93. The highest BCUT2D eigenvalue weighted by atomic mass is 16.5. The van der Waals surface area contributed by atoms with Crippen LogP contribution in [0.1, 0.15) is 29.8 Å². The van der Waals surface area contributed by atoms with Gasteiger partial charge in [0.15, 0.2) is 0 Å². The number of carbonyl (C=O) groups is 1. The van der Waals surface area contributed by atoms with Crippen molar-refractivity contribution in [2.45, 2.75) is 19.3 Å². The first-order valence-electron chi connectivity index (χ1n) is 10.1. The molecule has 0 bridgehead atoms. The number of piperazine rings is 1. The average Bonchev–Trinajstić information content (AvgIpc) is 2.79. The molecular formula is C22H28N4O2. The molecule has 148 valence electrons. The van der Waals surface area contributed by atoms with Gasteiger partial charge in [-0.15, -0.1) is 0 Å². The van der Waals surface area contributed by atoms with Crippen molar-refractivity contribution in [1.82, 2.24) is 9.88 Å². The molecule has 0 N–H and O–H groups in total. The van der Waals surface area contributed by atoms with Gasteiger partial charge in [0, 0.05) is 51.2 Å². The van der Waals surface area contributed by atoms with Crippen molar-refractivity contribution in [2.75, 3.05) is 56.2 Å². The van der Waals surface area contributed by atoms with E-state index in [4.69, 9.17) is 4.74 Å². The molecule has 6 heteroatoms. The van der Waals surface area contributed by atoms with E-state index >= 15 is 0 Å². The summed E-state index contributed by atoms with van der Waals surface area (Å²) in [6, 6.07) is 12.0. The molecule has 28 heavy (non-hydrogen) atoms. The Morgan fingerprint density at radius 2 is 1.68 bits per heavy atom. The number of hydrogen-bond donors (Lipinski definition) is 0. The molecule has 1 aromatic carbocycles. The first-order chi connectivity index (χ1) is 13.8. The molecule has 0 saturated carbocycles. The number of aromatic nitrogens is 1. The molecule has 0 unspecified atom stereocenters. The van der Waals surface area contributed by atoms with E-state index in [1.54, 1.807) is 13.3 Å². The average molecular weight is 380 g/mol. The standard InChI is InChI=1S/C22H28N4O2/c1-28-21-8-4-3-7-20(21)25-13-15-26(16-14-25)22(27)19-17-18(9-10-23-19)24-11-5-2-6-12-24/h3-4,7-10,17H,2,5-6,11-16H2,1H3. The number of pyridine rings is 1. The fraction of sp³-hybridized carbons (Fsp3) is 0.455. The summed E-state index contributed by atoms with van der Waals surface area (Å²) in [7, 11) is 1.69. The van der Waals surface area contributed by atoms with Crippen LogP contribution in [0.2, 0.25) is 0 Å². The van der Waals surface area contributed by atoms with Gasteiger partial charge >= 0.3 is 0 Å². The largest absolute Gasteiger partial charge is 0.495 e. The van der Waals surface area contributed by atoms with Crippen LogP contribution in [-0.4, -0.2) is 62.2 Å². The zero-order valence-corrected chi connectivity index (χ0v) is 16.5. The van der Waals surface area contributed by atoms with Crippen molar-refractivity contribution in [2.24, 2.45) is 0 Å². The van der Waals surface area contributed by atoms with E-state index in [0.717, 1.165) is 43.3 Å². The van der Waals surface area contributed by atoms with Crippen LogP contribution < -0.4 is 14.5 Å². The third kappa shape index (κ3) is 3.91. The maximum Gasteiger partial charge on any atom is 0.272 e. The van der Waals surface area contributed by atoms with E-state index in [1.165, 1.54) is 19.3 Å². The third-order valence-electron chi connectivity index (χ3n) is 5.68. The van der Waals surface area contributed by atoms with Crippen LogP contribution in [0.5, 0.6) is 5.75 Å². The summed E-state index contributed by atoms with van der Waals surface area (Å²) in [5, 5.41) is 0. The van der Waals surface area contributed by atoms with Gasteiger partial charge in [0.05, 0.1) is 12.8 Å². The molecule has 0 radical (unpaired) electrons. The van der Waals surface area contributed by atoms with Crippen LogP contribution in [0.15, 0.2) is 42.6 Å². The number of nitrogens with zero attached hydrogens (tertiary/aromatic N) is 4. The van der Waals surface area contributed by atoms with Crippen LogP contribution in [0.25, 0.3) is 0 Å². The topological polar surface area (TPSA) is 48.9 Å². The molecule has 0 atom stereocenters.